The van der Waals surface area contributed by atoms with Gasteiger partial charge >= 0.3 is 6.18 Å². The molecule has 1 aliphatic heterocycles. The predicted octanol–water partition coefficient (Wildman–Crippen LogP) is 5.80. The number of fused-ring (bicyclic) bond motifs is 1. The zero-order valence-electron chi connectivity index (χ0n) is 14.9. The van der Waals surface area contributed by atoms with Crippen molar-refractivity contribution in [1.29, 1.82) is 0 Å². The second-order valence-corrected chi connectivity index (χ2v) is 7.37. The third kappa shape index (κ3) is 3.42. The second kappa shape index (κ2) is 7.26. The SMILES string of the molecule is Oc1c(C(c2ccc(C(F)(F)F)cc2)N2CCCC2)cc(Cl)c2cccnc12. The highest BCUT2D eigenvalue weighted by Gasteiger charge is 2.32. The van der Waals surface area contributed by atoms with Gasteiger partial charge in [-0.05, 0) is 61.8 Å². The van der Waals surface area contributed by atoms with E-state index in [1.807, 2.05) is 0 Å². The Morgan fingerprint density at radius 3 is 2.39 bits per heavy atom. The minimum Gasteiger partial charge on any atom is -0.505 e. The Hall–Kier alpha value is -2.31. The molecule has 1 atom stereocenters. The topological polar surface area (TPSA) is 36.4 Å². The molecule has 1 saturated heterocycles. The average molecular weight is 407 g/mol. The summed E-state index contributed by atoms with van der Waals surface area (Å²) >= 11 is 6.44. The number of hydrogen-bond acceptors (Lipinski definition) is 3. The number of aromatic nitrogens is 1. The standard InChI is InChI=1S/C21H18ClF3N2O/c22-17-12-16(20(28)18-15(17)4-3-9-26-18)19(27-10-1-2-11-27)13-5-7-14(8-6-13)21(23,24)25/h3-9,12,19,28H,1-2,10-11H2. The maximum Gasteiger partial charge on any atom is 0.416 e. The number of benzene rings is 2. The summed E-state index contributed by atoms with van der Waals surface area (Å²) in [5.74, 6) is 0.0109. The van der Waals surface area contributed by atoms with Crippen LogP contribution in [-0.2, 0) is 6.18 Å². The third-order valence-electron chi connectivity index (χ3n) is 5.20. The van der Waals surface area contributed by atoms with Gasteiger partial charge in [-0.2, -0.15) is 13.2 Å². The molecule has 3 aromatic rings. The number of rotatable bonds is 3. The van der Waals surface area contributed by atoms with Crippen molar-refractivity contribution < 1.29 is 18.3 Å². The van der Waals surface area contributed by atoms with E-state index in [4.69, 9.17) is 11.6 Å². The van der Waals surface area contributed by atoms with Crippen molar-refractivity contribution in [2.24, 2.45) is 0 Å². The summed E-state index contributed by atoms with van der Waals surface area (Å²) in [6, 6.07) is 9.92. The number of alkyl halides is 3. The first kappa shape index (κ1) is 19.0. The van der Waals surface area contributed by atoms with Crippen LogP contribution in [-0.4, -0.2) is 28.1 Å². The predicted molar refractivity (Wildman–Crippen MR) is 103 cm³/mol. The Morgan fingerprint density at radius 2 is 1.75 bits per heavy atom. The maximum atomic E-state index is 13.0. The van der Waals surface area contributed by atoms with Crippen LogP contribution in [0.25, 0.3) is 10.9 Å². The number of hydrogen-bond donors (Lipinski definition) is 1. The molecular weight excluding hydrogens is 389 g/mol. The molecule has 0 bridgehead atoms. The first-order valence-electron chi connectivity index (χ1n) is 9.03. The number of likely N-dealkylation sites (tertiary alicyclic amines) is 1. The molecule has 3 nitrogen and oxygen atoms in total. The van der Waals surface area contributed by atoms with Crippen molar-refractivity contribution in [2.45, 2.75) is 25.1 Å². The van der Waals surface area contributed by atoms with Crippen LogP contribution in [0.5, 0.6) is 5.75 Å². The van der Waals surface area contributed by atoms with Crippen molar-refractivity contribution in [2.75, 3.05) is 13.1 Å². The molecule has 0 spiro atoms. The van der Waals surface area contributed by atoms with Gasteiger partial charge in [0, 0.05) is 17.1 Å². The Kier molecular flexibility index (Phi) is 4.93. The average Bonchev–Trinajstić information content (AvgIpc) is 3.20. The smallest absolute Gasteiger partial charge is 0.416 e. The Bertz CT molecular complexity index is 999. The Labute approximate surface area is 165 Å². The monoisotopic (exact) mass is 406 g/mol. The lowest BCUT2D eigenvalue weighted by atomic mass is 9.94. The van der Waals surface area contributed by atoms with Crippen LogP contribution >= 0.6 is 11.6 Å². The number of phenols is 1. The molecule has 1 aliphatic rings. The zero-order chi connectivity index (χ0) is 19.9. The summed E-state index contributed by atoms with van der Waals surface area (Å²) in [6.07, 6.45) is -0.819. The van der Waals surface area contributed by atoms with E-state index < -0.39 is 17.8 Å². The van der Waals surface area contributed by atoms with Gasteiger partial charge in [-0.15, -0.1) is 0 Å². The highest BCUT2D eigenvalue weighted by atomic mass is 35.5. The summed E-state index contributed by atoms with van der Waals surface area (Å²) in [7, 11) is 0. The molecule has 2 aromatic carbocycles. The lowest BCUT2D eigenvalue weighted by molar-refractivity contribution is -0.137. The van der Waals surface area contributed by atoms with E-state index in [1.54, 1.807) is 24.4 Å². The highest BCUT2D eigenvalue weighted by molar-refractivity contribution is 6.35. The van der Waals surface area contributed by atoms with Crippen molar-refractivity contribution in [1.82, 2.24) is 9.88 Å². The normalized spacial score (nSPS) is 16.6. The van der Waals surface area contributed by atoms with Crippen molar-refractivity contribution >= 4 is 22.5 Å². The zero-order valence-corrected chi connectivity index (χ0v) is 15.6. The fourth-order valence-corrected chi connectivity index (χ4v) is 4.13. The van der Waals surface area contributed by atoms with Crippen LogP contribution in [0, 0.1) is 0 Å². The molecule has 4 rings (SSSR count). The number of nitrogens with zero attached hydrogens (tertiary/aromatic N) is 2. The minimum atomic E-state index is -4.39. The number of aromatic hydroxyl groups is 1. The Balaban J connectivity index is 1.86. The maximum absolute atomic E-state index is 13.0. The molecule has 146 valence electrons. The van der Waals surface area contributed by atoms with E-state index in [0.717, 1.165) is 38.1 Å². The molecule has 1 N–H and O–H groups in total. The van der Waals surface area contributed by atoms with Crippen LogP contribution < -0.4 is 0 Å². The molecule has 0 amide bonds. The molecule has 28 heavy (non-hydrogen) atoms. The largest absolute Gasteiger partial charge is 0.505 e. The van der Waals surface area contributed by atoms with Gasteiger partial charge in [-0.25, -0.2) is 0 Å². The molecule has 0 aliphatic carbocycles. The van der Waals surface area contributed by atoms with Gasteiger partial charge in [0.15, 0.2) is 0 Å². The molecule has 0 radical (unpaired) electrons. The molecule has 1 fully saturated rings. The van der Waals surface area contributed by atoms with E-state index in [9.17, 15) is 18.3 Å². The van der Waals surface area contributed by atoms with Gasteiger partial charge in [0.05, 0.1) is 16.6 Å². The van der Waals surface area contributed by atoms with Gasteiger partial charge < -0.3 is 5.11 Å². The van der Waals surface area contributed by atoms with Crippen molar-refractivity contribution in [3.63, 3.8) is 0 Å². The van der Waals surface area contributed by atoms with Gasteiger partial charge in [-0.1, -0.05) is 23.7 Å². The van der Waals surface area contributed by atoms with Crippen LogP contribution in [0.4, 0.5) is 13.2 Å². The van der Waals surface area contributed by atoms with Crippen LogP contribution in [0.2, 0.25) is 5.02 Å². The first-order valence-corrected chi connectivity index (χ1v) is 9.41. The fraction of sp³-hybridized carbons (Fsp3) is 0.286. The van der Waals surface area contributed by atoms with Crippen molar-refractivity contribution in [3.05, 3.63) is 70.4 Å². The lowest BCUT2D eigenvalue weighted by Gasteiger charge is -2.29. The van der Waals surface area contributed by atoms with E-state index in [0.29, 0.717) is 27.1 Å². The molecule has 2 heterocycles. The molecule has 1 unspecified atom stereocenters. The lowest BCUT2D eigenvalue weighted by Crippen LogP contribution is -2.27. The summed E-state index contributed by atoms with van der Waals surface area (Å²) in [4.78, 5) is 6.41. The van der Waals surface area contributed by atoms with E-state index in [1.165, 1.54) is 12.1 Å². The molecule has 0 saturated carbocycles. The van der Waals surface area contributed by atoms with Crippen LogP contribution in [0.1, 0.15) is 35.6 Å². The van der Waals surface area contributed by atoms with Gasteiger partial charge in [-0.3, -0.25) is 9.88 Å². The summed E-state index contributed by atoms with van der Waals surface area (Å²) in [5, 5.41) is 12.0. The minimum absolute atomic E-state index is 0.0109. The summed E-state index contributed by atoms with van der Waals surface area (Å²) in [5.41, 5.74) is 0.925. The number of phenolic OH excluding ortho intramolecular Hbond substituents is 1. The van der Waals surface area contributed by atoms with E-state index in [2.05, 4.69) is 9.88 Å². The van der Waals surface area contributed by atoms with Gasteiger partial charge in [0.1, 0.15) is 11.3 Å². The van der Waals surface area contributed by atoms with Gasteiger partial charge in [0.25, 0.3) is 0 Å². The quantitative estimate of drug-likeness (QED) is 0.597. The molecule has 1 aromatic heterocycles. The van der Waals surface area contributed by atoms with Crippen LogP contribution in [0.3, 0.4) is 0 Å². The number of halogens is 4. The van der Waals surface area contributed by atoms with E-state index in [-0.39, 0.29) is 5.75 Å². The molecule has 7 heteroatoms. The van der Waals surface area contributed by atoms with Crippen LogP contribution in [0.15, 0.2) is 48.7 Å². The third-order valence-corrected chi connectivity index (χ3v) is 5.51. The second-order valence-electron chi connectivity index (χ2n) is 6.96. The highest BCUT2D eigenvalue weighted by Crippen LogP contribution is 2.42. The Morgan fingerprint density at radius 1 is 1.07 bits per heavy atom. The summed E-state index contributed by atoms with van der Waals surface area (Å²) in [6.45, 7) is 1.59. The fourth-order valence-electron chi connectivity index (χ4n) is 3.86. The van der Waals surface area contributed by atoms with Gasteiger partial charge in [0.2, 0.25) is 0 Å². The van der Waals surface area contributed by atoms with E-state index >= 15 is 0 Å². The van der Waals surface area contributed by atoms with Crippen molar-refractivity contribution in [3.8, 4) is 5.75 Å². The first-order chi connectivity index (χ1) is 13.4. The number of pyridine rings is 1. The molecular formula is C21H18ClF3N2O. The summed E-state index contributed by atoms with van der Waals surface area (Å²) < 4.78 is 38.9.